The van der Waals surface area contributed by atoms with Gasteiger partial charge in [-0.2, -0.15) is 4.57 Å². The number of rotatable bonds is 3. The molecule has 0 atom stereocenters. The molecule has 4 rings (SSSR count). The molecule has 0 aliphatic carbocycles. The zero-order valence-corrected chi connectivity index (χ0v) is 14.6. The third-order valence-corrected chi connectivity index (χ3v) is 5.33. The van der Waals surface area contributed by atoms with Crippen LogP contribution in [0.1, 0.15) is 11.9 Å². The van der Waals surface area contributed by atoms with E-state index in [0.717, 1.165) is 23.9 Å². The molecule has 1 aromatic heterocycles. The number of aryl methyl sites for hydroxylation is 1. The maximum absolute atomic E-state index is 5.91. The summed E-state index contributed by atoms with van der Waals surface area (Å²) in [5, 5.41) is 1.24. The highest BCUT2D eigenvalue weighted by atomic mass is 32.1. The van der Waals surface area contributed by atoms with Crippen molar-refractivity contribution in [3.63, 3.8) is 0 Å². The van der Waals surface area contributed by atoms with Crippen molar-refractivity contribution in [2.45, 2.75) is 13.5 Å². The second kappa shape index (κ2) is 6.13. The molecular weight excluding hydrogens is 316 g/mol. The molecule has 1 aliphatic rings. The van der Waals surface area contributed by atoms with Crippen LogP contribution >= 0.6 is 11.3 Å². The molecular formula is C20H19N2OS+. The lowest BCUT2D eigenvalue weighted by atomic mass is 10.3. The fourth-order valence-electron chi connectivity index (χ4n) is 2.98. The number of ether oxygens (including phenoxy) is 1. The summed E-state index contributed by atoms with van der Waals surface area (Å²) in [6.45, 7) is 3.14. The Bertz CT molecular complexity index is 955. The fraction of sp³-hybridized carbons (Fsp3) is 0.150. The maximum Gasteiger partial charge on any atom is 0.262 e. The molecule has 3 nitrogen and oxygen atoms in total. The Hall–Kier alpha value is -2.59. The second-order valence-corrected chi connectivity index (χ2v) is 6.71. The van der Waals surface area contributed by atoms with Crippen LogP contribution in [0.25, 0.3) is 16.3 Å². The van der Waals surface area contributed by atoms with Crippen LogP contribution in [0.15, 0.2) is 66.6 Å². The van der Waals surface area contributed by atoms with E-state index in [-0.39, 0.29) is 0 Å². The van der Waals surface area contributed by atoms with E-state index in [4.69, 9.17) is 4.74 Å². The van der Waals surface area contributed by atoms with Crippen molar-refractivity contribution in [3.8, 4) is 5.75 Å². The monoisotopic (exact) mass is 335 g/mol. The molecule has 24 heavy (non-hydrogen) atoms. The van der Waals surface area contributed by atoms with Crippen molar-refractivity contribution in [3.05, 3.63) is 71.6 Å². The number of aromatic nitrogens is 1. The minimum absolute atomic E-state index is 0.844. The topological polar surface area (TPSA) is 16.4 Å². The van der Waals surface area contributed by atoms with Crippen LogP contribution in [0.5, 0.6) is 5.75 Å². The van der Waals surface area contributed by atoms with Crippen LogP contribution in [0.3, 0.4) is 0 Å². The highest BCUT2D eigenvalue weighted by Crippen LogP contribution is 2.37. The van der Waals surface area contributed by atoms with Crippen molar-refractivity contribution in [1.82, 2.24) is 0 Å². The molecule has 0 bridgehead atoms. The number of nitrogens with zero attached hydrogens (tertiary/aromatic N) is 2. The Morgan fingerprint density at radius 3 is 2.75 bits per heavy atom. The molecule has 2 heterocycles. The van der Waals surface area contributed by atoms with Gasteiger partial charge >= 0.3 is 0 Å². The predicted molar refractivity (Wildman–Crippen MR) is 100 cm³/mol. The van der Waals surface area contributed by atoms with Crippen LogP contribution in [0.4, 0.5) is 5.69 Å². The standard InChI is InChI=1S/C20H19N2OS/c1-3-22-16-10-5-7-12-18(16)24-20(22)14-8-13-19-21(2)15-9-4-6-11-17(15)23-19/h4-14H,3H2,1-2H3/q+1. The van der Waals surface area contributed by atoms with Crippen LogP contribution in [0.2, 0.25) is 0 Å². The van der Waals surface area contributed by atoms with Gasteiger partial charge in [0.2, 0.25) is 5.52 Å². The van der Waals surface area contributed by atoms with E-state index in [1.165, 1.54) is 15.2 Å². The molecule has 0 saturated carbocycles. The lowest BCUT2D eigenvalue weighted by Crippen LogP contribution is -2.33. The summed E-state index contributed by atoms with van der Waals surface area (Å²) in [6.07, 6.45) is 6.24. The number of fused-ring (bicyclic) bond motifs is 2. The van der Waals surface area contributed by atoms with Crippen LogP contribution in [-0.2, 0) is 6.54 Å². The molecule has 2 aromatic carbocycles. The quantitative estimate of drug-likeness (QED) is 0.651. The summed E-state index contributed by atoms with van der Waals surface area (Å²) in [5.74, 6) is 1.75. The summed E-state index contributed by atoms with van der Waals surface area (Å²) in [7, 11) is 2.02. The summed E-state index contributed by atoms with van der Waals surface area (Å²) in [4.78, 5) is 2.07. The van der Waals surface area contributed by atoms with Gasteiger partial charge in [0.15, 0.2) is 11.6 Å². The van der Waals surface area contributed by atoms with Crippen LogP contribution in [-0.4, -0.2) is 7.05 Å². The van der Waals surface area contributed by atoms with E-state index >= 15 is 0 Å². The van der Waals surface area contributed by atoms with E-state index < -0.39 is 0 Å². The highest BCUT2D eigenvalue weighted by Gasteiger charge is 2.21. The minimum Gasteiger partial charge on any atom is -0.439 e. The van der Waals surface area contributed by atoms with Gasteiger partial charge in [-0.05, 0) is 37.3 Å². The molecule has 4 heteroatoms. The third kappa shape index (κ3) is 2.49. The first-order chi connectivity index (χ1) is 11.8. The Morgan fingerprint density at radius 1 is 1.12 bits per heavy atom. The number of hydrogen-bond donors (Lipinski definition) is 0. The van der Waals surface area contributed by atoms with Crippen molar-refractivity contribution >= 4 is 33.3 Å². The SMILES string of the molecule is CC[n+]1c(/C=C/C=C2\Oc3ccccc3N2C)sc2ccccc21. The van der Waals surface area contributed by atoms with Gasteiger partial charge in [0.25, 0.3) is 5.01 Å². The van der Waals surface area contributed by atoms with Gasteiger partial charge in [0.1, 0.15) is 11.2 Å². The lowest BCUT2D eigenvalue weighted by Gasteiger charge is -2.09. The molecule has 0 saturated heterocycles. The van der Waals surface area contributed by atoms with E-state index in [0.29, 0.717) is 0 Å². The van der Waals surface area contributed by atoms with Gasteiger partial charge in [0, 0.05) is 19.2 Å². The zero-order chi connectivity index (χ0) is 16.5. The van der Waals surface area contributed by atoms with Crippen LogP contribution < -0.4 is 14.2 Å². The summed E-state index contributed by atoms with van der Waals surface area (Å²) in [5.41, 5.74) is 2.39. The third-order valence-electron chi connectivity index (χ3n) is 4.20. The molecule has 0 fully saturated rings. The molecule has 0 N–H and O–H groups in total. The van der Waals surface area contributed by atoms with Gasteiger partial charge < -0.3 is 9.64 Å². The smallest absolute Gasteiger partial charge is 0.262 e. The van der Waals surface area contributed by atoms with E-state index in [2.05, 4.69) is 58.9 Å². The van der Waals surface area contributed by atoms with E-state index in [1.807, 2.05) is 42.7 Å². The van der Waals surface area contributed by atoms with Crippen molar-refractivity contribution in [2.24, 2.45) is 0 Å². The van der Waals surface area contributed by atoms with Gasteiger partial charge in [-0.3, -0.25) is 0 Å². The van der Waals surface area contributed by atoms with Crippen molar-refractivity contribution < 1.29 is 9.30 Å². The van der Waals surface area contributed by atoms with Crippen molar-refractivity contribution in [1.29, 1.82) is 0 Å². The minimum atomic E-state index is 0.844. The van der Waals surface area contributed by atoms with Gasteiger partial charge in [-0.15, -0.1) is 0 Å². The fourth-order valence-corrected chi connectivity index (χ4v) is 4.12. The molecule has 0 amide bonds. The summed E-state index contributed by atoms with van der Waals surface area (Å²) in [6, 6.07) is 16.6. The molecule has 0 radical (unpaired) electrons. The normalized spacial score (nSPS) is 15.4. The largest absolute Gasteiger partial charge is 0.439 e. The number of para-hydroxylation sites is 3. The first-order valence-corrected chi connectivity index (χ1v) is 8.90. The Morgan fingerprint density at radius 2 is 1.92 bits per heavy atom. The highest BCUT2D eigenvalue weighted by molar-refractivity contribution is 7.18. The van der Waals surface area contributed by atoms with E-state index in [1.54, 1.807) is 0 Å². The Balaban J connectivity index is 1.63. The first kappa shape index (κ1) is 15.0. The molecule has 1 aliphatic heterocycles. The zero-order valence-electron chi connectivity index (χ0n) is 13.8. The second-order valence-electron chi connectivity index (χ2n) is 5.65. The first-order valence-electron chi connectivity index (χ1n) is 8.08. The number of thiazole rings is 1. The number of anilines is 1. The Kier molecular flexibility index (Phi) is 3.82. The van der Waals surface area contributed by atoms with Crippen molar-refractivity contribution in [2.75, 3.05) is 11.9 Å². The molecule has 0 unspecified atom stereocenters. The summed E-state index contributed by atoms with van der Waals surface area (Å²) >= 11 is 1.81. The molecule has 120 valence electrons. The molecule has 3 aromatic rings. The summed E-state index contributed by atoms with van der Waals surface area (Å²) < 4.78 is 9.55. The van der Waals surface area contributed by atoms with E-state index in [9.17, 15) is 0 Å². The lowest BCUT2D eigenvalue weighted by molar-refractivity contribution is -0.665. The predicted octanol–water partition coefficient (Wildman–Crippen LogP) is 4.59. The number of benzene rings is 2. The maximum atomic E-state index is 5.91. The average Bonchev–Trinajstić information content (AvgIpc) is 3.13. The Labute approximate surface area is 145 Å². The average molecular weight is 335 g/mol. The molecule has 0 spiro atoms. The van der Waals surface area contributed by atoms with Gasteiger partial charge in [-0.25, -0.2) is 0 Å². The number of hydrogen-bond acceptors (Lipinski definition) is 3. The van der Waals surface area contributed by atoms with Crippen LogP contribution in [0, 0.1) is 0 Å². The van der Waals surface area contributed by atoms with Gasteiger partial charge in [0.05, 0.1) is 5.69 Å². The van der Waals surface area contributed by atoms with Gasteiger partial charge in [-0.1, -0.05) is 35.6 Å². The number of allylic oxidation sites excluding steroid dienone is 2.